The molecule has 0 aliphatic heterocycles. The minimum absolute atomic E-state index is 0.132. The molecule has 2 aromatic rings. The molecule has 0 bridgehead atoms. The summed E-state index contributed by atoms with van der Waals surface area (Å²) in [5.74, 6) is 0.735. The van der Waals surface area contributed by atoms with Gasteiger partial charge in [-0.1, -0.05) is 26.8 Å². The van der Waals surface area contributed by atoms with Crippen molar-refractivity contribution >= 4 is 11.5 Å². The summed E-state index contributed by atoms with van der Waals surface area (Å²) in [6, 6.07) is 4.58. The second-order valence-corrected chi connectivity index (χ2v) is 5.91. The fourth-order valence-electron chi connectivity index (χ4n) is 1.41. The van der Waals surface area contributed by atoms with E-state index in [4.69, 9.17) is 10.5 Å². The van der Waals surface area contributed by atoms with Gasteiger partial charge in [0.15, 0.2) is 5.82 Å². The molecule has 0 aliphatic carbocycles. The van der Waals surface area contributed by atoms with Crippen molar-refractivity contribution in [3.63, 3.8) is 0 Å². The standard InChI is InChI=1S/C13H16FN3OS/c1-13(2,3)11-16-12(19-17-11)18-9-5-4-8(7-15)10(14)6-9/h4-6H,7,15H2,1-3H3. The molecule has 6 heteroatoms. The first kappa shape index (κ1) is 13.9. The number of ether oxygens (including phenoxy) is 1. The SMILES string of the molecule is CC(C)(C)c1nsc(Oc2ccc(CN)c(F)c2)n1. The number of rotatable bonds is 3. The number of hydrogen-bond acceptors (Lipinski definition) is 5. The van der Waals surface area contributed by atoms with Gasteiger partial charge in [-0.25, -0.2) is 4.39 Å². The van der Waals surface area contributed by atoms with Crippen molar-refractivity contribution in [2.75, 3.05) is 0 Å². The van der Waals surface area contributed by atoms with Gasteiger partial charge in [0.2, 0.25) is 0 Å². The van der Waals surface area contributed by atoms with E-state index in [1.807, 2.05) is 20.8 Å². The van der Waals surface area contributed by atoms with Crippen LogP contribution in [0.1, 0.15) is 32.2 Å². The molecule has 0 fully saturated rings. The smallest absolute Gasteiger partial charge is 0.298 e. The molecule has 0 unspecified atom stereocenters. The van der Waals surface area contributed by atoms with Crippen LogP contribution in [0.25, 0.3) is 0 Å². The molecule has 2 rings (SSSR count). The Morgan fingerprint density at radius 1 is 1.37 bits per heavy atom. The molecule has 1 aromatic carbocycles. The van der Waals surface area contributed by atoms with Crippen LogP contribution >= 0.6 is 11.5 Å². The van der Waals surface area contributed by atoms with Gasteiger partial charge < -0.3 is 10.5 Å². The van der Waals surface area contributed by atoms with Gasteiger partial charge >= 0.3 is 0 Å². The predicted octanol–water partition coefficient (Wildman–Crippen LogP) is 3.23. The zero-order valence-electron chi connectivity index (χ0n) is 11.1. The third-order valence-electron chi connectivity index (χ3n) is 2.53. The fraction of sp³-hybridized carbons (Fsp3) is 0.385. The second-order valence-electron chi connectivity index (χ2n) is 5.19. The molecule has 0 atom stereocenters. The van der Waals surface area contributed by atoms with Gasteiger partial charge in [0.1, 0.15) is 11.6 Å². The van der Waals surface area contributed by atoms with E-state index < -0.39 is 0 Å². The third kappa shape index (κ3) is 3.27. The lowest BCUT2D eigenvalue weighted by atomic mass is 9.96. The minimum Gasteiger partial charge on any atom is -0.430 e. The van der Waals surface area contributed by atoms with Crippen LogP contribution in [0.3, 0.4) is 0 Å². The molecule has 0 saturated carbocycles. The largest absolute Gasteiger partial charge is 0.430 e. The highest BCUT2D eigenvalue weighted by atomic mass is 32.1. The lowest BCUT2D eigenvalue weighted by Crippen LogP contribution is -2.12. The first-order valence-corrected chi connectivity index (χ1v) is 6.68. The van der Waals surface area contributed by atoms with Crippen molar-refractivity contribution in [2.24, 2.45) is 5.73 Å². The molecule has 2 N–H and O–H groups in total. The van der Waals surface area contributed by atoms with Gasteiger partial charge in [-0.2, -0.15) is 9.36 Å². The summed E-state index contributed by atoms with van der Waals surface area (Å²) >= 11 is 1.16. The average Bonchev–Trinajstić information content (AvgIpc) is 2.77. The van der Waals surface area contributed by atoms with Gasteiger partial charge in [-0.05, 0) is 6.07 Å². The zero-order valence-corrected chi connectivity index (χ0v) is 11.9. The van der Waals surface area contributed by atoms with E-state index in [1.54, 1.807) is 12.1 Å². The monoisotopic (exact) mass is 281 g/mol. The van der Waals surface area contributed by atoms with Crippen LogP contribution in [-0.2, 0) is 12.0 Å². The van der Waals surface area contributed by atoms with Crippen molar-refractivity contribution in [3.8, 4) is 10.9 Å². The summed E-state index contributed by atoms with van der Waals surface area (Å²) in [4.78, 5) is 4.29. The van der Waals surface area contributed by atoms with Crippen LogP contribution in [0, 0.1) is 5.82 Å². The summed E-state index contributed by atoms with van der Waals surface area (Å²) < 4.78 is 23.3. The predicted molar refractivity (Wildman–Crippen MR) is 73.0 cm³/mol. The Kier molecular flexibility index (Phi) is 3.82. The Morgan fingerprint density at radius 2 is 2.11 bits per heavy atom. The number of aromatic nitrogens is 2. The molecule has 0 spiro atoms. The van der Waals surface area contributed by atoms with Gasteiger partial charge in [-0.15, -0.1) is 0 Å². The molecular formula is C13H16FN3OS. The zero-order chi connectivity index (χ0) is 14.0. The van der Waals surface area contributed by atoms with E-state index >= 15 is 0 Å². The van der Waals surface area contributed by atoms with Crippen molar-refractivity contribution < 1.29 is 9.13 Å². The van der Waals surface area contributed by atoms with Crippen LogP contribution in [0.2, 0.25) is 0 Å². The van der Waals surface area contributed by atoms with Crippen molar-refractivity contribution in [2.45, 2.75) is 32.7 Å². The first-order valence-electron chi connectivity index (χ1n) is 5.90. The van der Waals surface area contributed by atoms with Gasteiger partial charge in [-0.3, -0.25) is 0 Å². The minimum atomic E-state index is -0.374. The average molecular weight is 281 g/mol. The number of hydrogen-bond donors (Lipinski definition) is 1. The number of halogens is 1. The Labute approximate surface area is 115 Å². The van der Waals surface area contributed by atoms with Crippen LogP contribution in [-0.4, -0.2) is 9.36 Å². The summed E-state index contributed by atoms with van der Waals surface area (Å²) in [6.07, 6.45) is 0. The van der Waals surface area contributed by atoms with Crippen molar-refractivity contribution in [1.82, 2.24) is 9.36 Å². The molecule has 1 aromatic heterocycles. The molecule has 19 heavy (non-hydrogen) atoms. The summed E-state index contributed by atoms with van der Waals surface area (Å²) in [5, 5.41) is 0.407. The number of benzene rings is 1. The molecule has 102 valence electrons. The topological polar surface area (TPSA) is 61.0 Å². The van der Waals surface area contributed by atoms with E-state index in [1.165, 1.54) is 6.07 Å². The molecular weight excluding hydrogens is 265 g/mol. The van der Waals surface area contributed by atoms with Crippen LogP contribution in [0.15, 0.2) is 18.2 Å². The van der Waals surface area contributed by atoms with Crippen molar-refractivity contribution in [3.05, 3.63) is 35.4 Å². The van der Waals surface area contributed by atoms with Crippen LogP contribution in [0.4, 0.5) is 4.39 Å². The van der Waals surface area contributed by atoms with Gasteiger partial charge in [0.25, 0.3) is 5.19 Å². The fourth-order valence-corrected chi connectivity index (χ4v) is 2.15. The Morgan fingerprint density at radius 3 is 2.63 bits per heavy atom. The van der Waals surface area contributed by atoms with Crippen molar-refractivity contribution in [1.29, 1.82) is 0 Å². The maximum Gasteiger partial charge on any atom is 0.298 e. The van der Waals surface area contributed by atoms with Gasteiger partial charge in [0, 0.05) is 35.1 Å². The van der Waals surface area contributed by atoms with E-state index in [0.29, 0.717) is 22.3 Å². The summed E-state index contributed by atoms with van der Waals surface area (Å²) in [5.41, 5.74) is 5.73. The molecule has 0 aliphatic rings. The van der Waals surface area contributed by atoms with E-state index in [2.05, 4.69) is 9.36 Å². The lowest BCUT2D eigenvalue weighted by Gasteiger charge is -2.12. The second kappa shape index (κ2) is 5.22. The van der Waals surface area contributed by atoms with E-state index in [9.17, 15) is 4.39 Å². The highest BCUT2D eigenvalue weighted by Gasteiger charge is 2.20. The summed E-state index contributed by atoms with van der Waals surface area (Å²) in [7, 11) is 0. The van der Waals surface area contributed by atoms with E-state index in [0.717, 1.165) is 11.5 Å². The first-order chi connectivity index (χ1) is 8.90. The molecule has 0 saturated heterocycles. The quantitative estimate of drug-likeness (QED) is 0.938. The lowest BCUT2D eigenvalue weighted by molar-refractivity contribution is 0.462. The Hall–Kier alpha value is -1.53. The number of nitrogens with two attached hydrogens (primary N) is 1. The highest BCUT2D eigenvalue weighted by Crippen LogP contribution is 2.28. The normalized spacial score (nSPS) is 11.6. The maximum absolute atomic E-state index is 13.6. The molecule has 4 nitrogen and oxygen atoms in total. The molecule has 0 amide bonds. The number of nitrogens with zero attached hydrogens (tertiary/aromatic N) is 2. The van der Waals surface area contributed by atoms with E-state index in [-0.39, 0.29) is 17.8 Å². The maximum atomic E-state index is 13.6. The summed E-state index contributed by atoms with van der Waals surface area (Å²) in [6.45, 7) is 6.23. The third-order valence-corrected chi connectivity index (χ3v) is 3.12. The molecule has 1 heterocycles. The van der Waals surface area contributed by atoms with Crippen LogP contribution in [0.5, 0.6) is 10.9 Å². The Bertz CT molecular complexity index is 578. The van der Waals surface area contributed by atoms with Gasteiger partial charge in [0.05, 0.1) is 0 Å². The van der Waals surface area contributed by atoms with Crippen LogP contribution < -0.4 is 10.5 Å². The molecule has 0 radical (unpaired) electrons. The Balaban J connectivity index is 2.17. The highest BCUT2D eigenvalue weighted by molar-refractivity contribution is 7.07.